The Labute approximate surface area is 588 Å². The highest BCUT2D eigenvalue weighted by atomic mass is 31.2. The van der Waals surface area contributed by atoms with Crippen LogP contribution in [-0.2, 0) is 65.4 Å². The Morgan fingerprint density at radius 2 is 0.531 bits per heavy atom. The minimum atomic E-state index is -4.96. The van der Waals surface area contributed by atoms with Crippen LogP contribution in [0, 0.1) is 11.8 Å². The van der Waals surface area contributed by atoms with E-state index < -0.39 is 97.5 Å². The lowest BCUT2D eigenvalue weighted by Gasteiger charge is -2.21. The number of carbonyl (C=O) groups excluding carboxylic acids is 4. The average Bonchev–Trinajstić information content (AvgIpc) is 1.23. The van der Waals surface area contributed by atoms with Gasteiger partial charge in [0.2, 0.25) is 0 Å². The number of hydrogen-bond donors (Lipinski definition) is 3. The van der Waals surface area contributed by atoms with Gasteiger partial charge >= 0.3 is 39.5 Å². The van der Waals surface area contributed by atoms with Gasteiger partial charge < -0.3 is 33.8 Å². The predicted molar refractivity (Wildman–Crippen MR) is 391 cm³/mol. The lowest BCUT2D eigenvalue weighted by atomic mass is 9.99. The molecule has 570 valence electrons. The number of esters is 4. The van der Waals surface area contributed by atoms with Gasteiger partial charge in [-0.25, -0.2) is 9.13 Å². The topological polar surface area (TPSA) is 237 Å². The molecule has 0 radical (unpaired) electrons. The maximum atomic E-state index is 13.1. The van der Waals surface area contributed by atoms with E-state index >= 15 is 0 Å². The molecule has 0 heterocycles. The van der Waals surface area contributed by atoms with Crippen LogP contribution in [0.1, 0.15) is 401 Å². The van der Waals surface area contributed by atoms with E-state index in [0.29, 0.717) is 25.7 Å². The summed E-state index contributed by atoms with van der Waals surface area (Å²) in [6.07, 6.45) is 56.7. The van der Waals surface area contributed by atoms with Gasteiger partial charge in [0.25, 0.3) is 0 Å². The van der Waals surface area contributed by atoms with E-state index in [0.717, 1.165) is 102 Å². The maximum absolute atomic E-state index is 13.1. The molecule has 19 heteroatoms. The predicted octanol–water partition coefficient (Wildman–Crippen LogP) is 22.7. The Kier molecular flexibility index (Phi) is 67.4. The van der Waals surface area contributed by atoms with Crippen LogP contribution in [0.3, 0.4) is 0 Å². The molecule has 3 N–H and O–H groups in total. The molecule has 0 rings (SSSR count). The summed E-state index contributed by atoms with van der Waals surface area (Å²) in [5.41, 5.74) is 0. The van der Waals surface area contributed by atoms with Crippen molar-refractivity contribution in [3.63, 3.8) is 0 Å². The lowest BCUT2D eigenvalue weighted by Crippen LogP contribution is -2.30. The van der Waals surface area contributed by atoms with Gasteiger partial charge in [0.15, 0.2) is 12.2 Å². The average molecular weight is 1410 g/mol. The van der Waals surface area contributed by atoms with Crippen LogP contribution in [0.2, 0.25) is 0 Å². The molecule has 0 aromatic heterocycles. The standard InChI is InChI=1S/C77H150O17P2/c1-7-10-12-14-16-18-20-21-22-26-29-36-42-48-54-60-75(80)88-66-73(93-76(81)61-55-49-43-37-30-27-24-23-25-28-33-39-45-51-57-69(4)5)68-92-96(85,86)90-64-71(78)63-89-95(83,84)91-67-72(65-87-74(79)59-53-47-41-35-19-17-15-13-11-8-2)94-77(82)62-56-50-44-38-32-31-34-40-46-52-58-70(6)9-3/h69-73,78H,7-68H2,1-6H3,(H,83,84)(H,85,86)/t70?,71-,72+,73+/m0/s1. The first-order valence-corrected chi connectivity index (χ1v) is 43.0. The third kappa shape index (κ3) is 69.2. The lowest BCUT2D eigenvalue weighted by molar-refractivity contribution is -0.161. The molecule has 0 fully saturated rings. The number of unbranched alkanes of at least 4 members (excludes halogenated alkanes) is 45. The number of rotatable bonds is 76. The number of carbonyl (C=O) groups is 4. The molecule has 3 unspecified atom stereocenters. The minimum absolute atomic E-state index is 0.107. The van der Waals surface area contributed by atoms with Crippen molar-refractivity contribution in [1.82, 2.24) is 0 Å². The number of phosphoric ester groups is 2. The molecule has 17 nitrogen and oxygen atoms in total. The molecular formula is C77H150O17P2. The molecule has 0 aromatic rings. The van der Waals surface area contributed by atoms with Crippen LogP contribution in [0.5, 0.6) is 0 Å². The van der Waals surface area contributed by atoms with Crippen molar-refractivity contribution >= 4 is 39.5 Å². The summed E-state index contributed by atoms with van der Waals surface area (Å²) in [4.78, 5) is 72.9. The molecule has 0 saturated carbocycles. The zero-order valence-corrected chi connectivity index (χ0v) is 64.5. The van der Waals surface area contributed by atoms with Gasteiger partial charge in [0.05, 0.1) is 26.4 Å². The zero-order chi connectivity index (χ0) is 70.7. The second-order valence-corrected chi connectivity index (χ2v) is 31.4. The second kappa shape index (κ2) is 68.8. The molecule has 0 aliphatic carbocycles. The van der Waals surface area contributed by atoms with Crippen LogP contribution < -0.4 is 0 Å². The highest BCUT2D eigenvalue weighted by molar-refractivity contribution is 7.47. The van der Waals surface area contributed by atoms with E-state index in [9.17, 15) is 43.2 Å². The molecule has 0 bridgehead atoms. The number of phosphoric acid groups is 2. The highest BCUT2D eigenvalue weighted by Crippen LogP contribution is 2.45. The summed E-state index contributed by atoms with van der Waals surface area (Å²) in [6.45, 7) is 9.65. The van der Waals surface area contributed by atoms with Crippen molar-refractivity contribution in [2.75, 3.05) is 39.6 Å². The Hall–Kier alpha value is -1.94. The summed E-state index contributed by atoms with van der Waals surface area (Å²) in [5, 5.41) is 10.6. The van der Waals surface area contributed by atoms with Crippen molar-refractivity contribution in [2.45, 2.75) is 419 Å². The monoisotopic (exact) mass is 1410 g/mol. The van der Waals surface area contributed by atoms with Gasteiger partial charge in [0.1, 0.15) is 19.3 Å². The number of hydrogen-bond acceptors (Lipinski definition) is 15. The van der Waals surface area contributed by atoms with Crippen LogP contribution >= 0.6 is 15.6 Å². The van der Waals surface area contributed by atoms with Crippen LogP contribution in [0.4, 0.5) is 0 Å². The van der Waals surface area contributed by atoms with Gasteiger partial charge in [-0.3, -0.25) is 37.3 Å². The third-order valence-corrected chi connectivity index (χ3v) is 20.2. The molecule has 0 aliphatic rings. The maximum Gasteiger partial charge on any atom is 0.472 e. The summed E-state index contributed by atoms with van der Waals surface area (Å²) in [7, 11) is -9.91. The van der Waals surface area contributed by atoms with Gasteiger partial charge in [-0.05, 0) is 37.5 Å². The minimum Gasteiger partial charge on any atom is -0.462 e. The summed E-state index contributed by atoms with van der Waals surface area (Å²) in [5.74, 6) is -0.514. The number of aliphatic hydroxyl groups excluding tert-OH is 1. The Balaban J connectivity index is 5.25. The number of ether oxygens (including phenoxy) is 4. The molecule has 0 aliphatic heterocycles. The van der Waals surface area contributed by atoms with Crippen molar-refractivity contribution in [2.24, 2.45) is 11.8 Å². The normalized spacial score (nSPS) is 14.3. The Morgan fingerprint density at radius 1 is 0.302 bits per heavy atom. The van der Waals surface area contributed by atoms with Crippen LogP contribution in [0.15, 0.2) is 0 Å². The Bertz CT molecular complexity index is 1860. The molecular weight excluding hydrogens is 1260 g/mol. The molecule has 0 amide bonds. The highest BCUT2D eigenvalue weighted by Gasteiger charge is 2.30. The van der Waals surface area contributed by atoms with Crippen LogP contribution in [-0.4, -0.2) is 96.7 Å². The van der Waals surface area contributed by atoms with Crippen LogP contribution in [0.25, 0.3) is 0 Å². The summed E-state index contributed by atoms with van der Waals surface area (Å²) < 4.78 is 68.6. The van der Waals surface area contributed by atoms with Crippen molar-refractivity contribution in [3.05, 3.63) is 0 Å². The number of aliphatic hydroxyl groups is 1. The fourth-order valence-electron chi connectivity index (χ4n) is 11.8. The van der Waals surface area contributed by atoms with Gasteiger partial charge in [0, 0.05) is 25.7 Å². The quantitative estimate of drug-likeness (QED) is 0.0222. The SMILES string of the molecule is CCCCCCCCCCCCCCCCCC(=O)OC[C@H](COP(=O)(O)OC[C@@H](O)COP(=O)(O)OC[C@@H](COC(=O)CCCCCCCCCCCC)OC(=O)CCCCCCCCCCCCC(C)CC)OC(=O)CCCCCCCCCCCCCCCCC(C)C. The fraction of sp³-hybridized carbons (Fsp3) is 0.948. The summed E-state index contributed by atoms with van der Waals surface area (Å²) in [6, 6.07) is 0. The van der Waals surface area contributed by atoms with E-state index in [4.69, 9.17) is 37.0 Å². The van der Waals surface area contributed by atoms with Crippen molar-refractivity contribution < 1.29 is 80.2 Å². The molecule has 6 atom stereocenters. The molecule has 96 heavy (non-hydrogen) atoms. The molecule has 0 aromatic carbocycles. The van der Waals surface area contributed by atoms with E-state index in [-0.39, 0.29) is 25.7 Å². The van der Waals surface area contributed by atoms with Crippen molar-refractivity contribution in [3.8, 4) is 0 Å². The van der Waals surface area contributed by atoms with E-state index in [1.54, 1.807) is 0 Å². The summed E-state index contributed by atoms with van der Waals surface area (Å²) >= 11 is 0. The van der Waals surface area contributed by atoms with E-state index in [1.807, 2.05) is 0 Å². The first kappa shape index (κ1) is 94.1. The molecule has 0 saturated heterocycles. The van der Waals surface area contributed by atoms with Crippen molar-refractivity contribution in [1.29, 1.82) is 0 Å². The fourth-order valence-corrected chi connectivity index (χ4v) is 13.4. The zero-order valence-electron chi connectivity index (χ0n) is 62.7. The molecule has 0 spiro atoms. The first-order chi connectivity index (χ1) is 46.4. The first-order valence-electron chi connectivity index (χ1n) is 40.0. The largest absolute Gasteiger partial charge is 0.472 e. The van der Waals surface area contributed by atoms with Gasteiger partial charge in [-0.1, -0.05) is 350 Å². The van der Waals surface area contributed by atoms with Gasteiger partial charge in [-0.2, -0.15) is 0 Å². The second-order valence-electron chi connectivity index (χ2n) is 28.5. The van der Waals surface area contributed by atoms with E-state index in [1.165, 1.54) is 218 Å². The Morgan fingerprint density at radius 3 is 0.792 bits per heavy atom. The van der Waals surface area contributed by atoms with Gasteiger partial charge in [-0.15, -0.1) is 0 Å². The smallest absolute Gasteiger partial charge is 0.462 e. The van der Waals surface area contributed by atoms with E-state index in [2.05, 4.69) is 41.5 Å². The third-order valence-electron chi connectivity index (χ3n) is 18.3.